The number of aryl methyl sites for hydroxylation is 1. The minimum Gasteiger partial charge on any atom is -0.481 e. The number of alkyl halides is 3. The van der Waals surface area contributed by atoms with Crippen LogP contribution in [0.4, 0.5) is 13.2 Å². The van der Waals surface area contributed by atoms with E-state index in [4.69, 9.17) is 5.11 Å². The SMILES string of the molecule is Cl.O=C(O)[C@@H]1CN(C(=O)c2cccc3c2CCC3)C[C@H]1C(F)(F)F. The second kappa shape index (κ2) is 6.63. The molecule has 1 aliphatic heterocycles. The highest BCUT2D eigenvalue weighted by atomic mass is 35.5. The first-order chi connectivity index (χ1) is 10.8. The van der Waals surface area contributed by atoms with Crippen LogP contribution in [-0.2, 0) is 17.6 Å². The van der Waals surface area contributed by atoms with Crippen LogP contribution >= 0.6 is 12.4 Å². The van der Waals surface area contributed by atoms with E-state index >= 15 is 0 Å². The number of fused-ring (bicyclic) bond motifs is 1. The standard InChI is InChI=1S/C16H16F3NO3.ClH/c17-16(18,19)13-8-20(7-12(13)15(22)23)14(21)11-6-2-4-9-3-1-5-10(9)11;/h2,4,6,12-13H,1,3,5,7-8H2,(H,22,23);1H/t12-,13-;/m1./s1. The highest BCUT2D eigenvalue weighted by Gasteiger charge is 2.53. The Morgan fingerprint density at radius 2 is 1.88 bits per heavy atom. The van der Waals surface area contributed by atoms with Crippen molar-refractivity contribution >= 4 is 24.3 Å². The second-order valence-electron chi connectivity index (χ2n) is 6.10. The quantitative estimate of drug-likeness (QED) is 0.879. The average Bonchev–Trinajstić information content (AvgIpc) is 3.12. The van der Waals surface area contributed by atoms with E-state index in [9.17, 15) is 22.8 Å². The fourth-order valence-corrected chi connectivity index (χ4v) is 3.54. The number of carbonyl (C=O) groups excluding carboxylic acids is 1. The number of carboxylic acid groups (broad SMARTS) is 1. The van der Waals surface area contributed by atoms with E-state index in [-0.39, 0.29) is 12.4 Å². The molecule has 8 heteroatoms. The molecule has 0 aromatic heterocycles. The maximum atomic E-state index is 13.0. The molecular weight excluding hydrogens is 347 g/mol. The Bertz CT molecular complexity index is 662. The van der Waals surface area contributed by atoms with Gasteiger partial charge in [-0.25, -0.2) is 0 Å². The van der Waals surface area contributed by atoms with E-state index in [0.717, 1.165) is 35.3 Å². The average molecular weight is 364 g/mol. The van der Waals surface area contributed by atoms with Crippen LogP contribution in [0.3, 0.4) is 0 Å². The van der Waals surface area contributed by atoms with E-state index in [1.165, 1.54) is 0 Å². The van der Waals surface area contributed by atoms with Crippen molar-refractivity contribution in [2.75, 3.05) is 13.1 Å². The molecule has 0 bridgehead atoms. The monoisotopic (exact) mass is 363 g/mol. The maximum Gasteiger partial charge on any atom is 0.394 e. The lowest BCUT2D eigenvalue weighted by molar-refractivity contribution is -0.187. The van der Waals surface area contributed by atoms with Crippen LogP contribution in [0.15, 0.2) is 18.2 Å². The Hall–Kier alpha value is -1.76. The third-order valence-corrected chi connectivity index (χ3v) is 4.72. The molecule has 4 nitrogen and oxygen atoms in total. The van der Waals surface area contributed by atoms with Gasteiger partial charge in [0.2, 0.25) is 0 Å². The smallest absolute Gasteiger partial charge is 0.394 e. The van der Waals surface area contributed by atoms with Crippen molar-refractivity contribution in [2.24, 2.45) is 11.8 Å². The van der Waals surface area contributed by atoms with Crippen LogP contribution in [0, 0.1) is 11.8 Å². The van der Waals surface area contributed by atoms with Crippen molar-refractivity contribution < 1.29 is 27.9 Å². The number of carbonyl (C=O) groups is 2. The summed E-state index contributed by atoms with van der Waals surface area (Å²) in [5.74, 6) is -5.63. The molecule has 3 rings (SSSR count). The number of amides is 1. The number of aliphatic carboxylic acids is 1. The zero-order valence-corrected chi connectivity index (χ0v) is 13.5. The van der Waals surface area contributed by atoms with E-state index < -0.39 is 43.0 Å². The molecule has 2 atom stereocenters. The summed E-state index contributed by atoms with van der Waals surface area (Å²) in [5.41, 5.74) is 2.35. The predicted molar refractivity (Wildman–Crippen MR) is 82.3 cm³/mol. The Kier molecular flexibility index (Phi) is 5.13. The number of likely N-dealkylation sites (tertiary alicyclic amines) is 1. The topological polar surface area (TPSA) is 57.6 Å². The van der Waals surface area contributed by atoms with Crippen molar-refractivity contribution in [1.82, 2.24) is 4.90 Å². The molecule has 1 heterocycles. The Morgan fingerprint density at radius 1 is 1.17 bits per heavy atom. The molecule has 0 radical (unpaired) electrons. The summed E-state index contributed by atoms with van der Waals surface area (Å²) in [5, 5.41) is 9.03. The fraction of sp³-hybridized carbons (Fsp3) is 0.500. The minimum atomic E-state index is -4.63. The van der Waals surface area contributed by atoms with Gasteiger partial charge in [0.1, 0.15) is 0 Å². The van der Waals surface area contributed by atoms with Gasteiger partial charge in [-0.15, -0.1) is 12.4 Å². The molecule has 0 unspecified atom stereocenters. The van der Waals surface area contributed by atoms with Crippen LogP contribution < -0.4 is 0 Å². The van der Waals surface area contributed by atoms with E-state index in [1.807, 2.05) is 6.07 Å². The van der Waals surface area contributed by atoms with Gasteiger partial charge < -0.3 is 10.0 Å². The summed E-state index contributed by atoms with van der Waals surface area (Å²) >= 11 is 0. The molecular formula is C16H17ClF3NO3. The summed E-state index contributed by atoms with van der Waals surface area (Å²) in [6, 6.07) is 5.26. The molecule has 1 N–H and O–H groups in total. The molecule has 1 aromatic rings. The fourth-order valence-electron chi connectivity index (χ4n) is 3.54. The van der Waals surface area contributed by atoms with E-state index in [1.54, 1.807) is 12.1 Å². The summed E-state index contributed by atoms with van der Waals surface area (Å²) < 4.78 is 39.1. The Labute approximate surface area is 143 Å². The molecule has 1 aliphatic carbocycles. The molecule has 0 spiro atoms. The number of nitrogens with zero attached hydrogens (tertiary/aromatic N) is 1. The van der Waals surface area contributed by atoms with Crippen LogP contribution in [0.1, 0.15) is 27.9 Å². The van der Waals surface area contributed by atoms with Gasteiger partial charge in [0, 0.05) is 18.7 Å². The zero-order chi connectivity index (χ0) is 16.8. The highest BCUT2D eigenvalue weighted by molar-refractivity contribution is 5.96. The van der Waals surface area contributed by atoms with Gasteiger partial charge in [0.15, 0.2) is 0 Å². The van der Waals surface area contributed by atoms with Gasteiger partial charge in [0.05, 0.1) is 11.8 Å². The molecule has 0 saturated carbocycles. The maximum absolute atomic E-state index is 13.0. The van der Waals surface area contributed by atoms with Gasteiger partial charge in [-0.3, -0.25) is 9.59 Å². The Balaban J connectivity index is 0.00000208. The zero-order valence-electron chi connectivity index (χ0n) is 12.7. The number of carboxylic acids is 1. The Morgan fingerprint density at radius 3 is 2.46 bits per heavy atom. The van der Waals surface area contributed by atoms with Crippen LogP contribution in [-0.4, -0.2) is 41.1 Å². The van der Waals surface area contributed by atoms with Gasteiger partial charge in [-0.1, -0.05) is 12.1 Å². The molecule has 2 aliphatic rings. The lowest BCUT2D eigenvalue weighted by atomic mass is 9.96. The third-order valence-electron chi connectivity index (χ3n) is 4.72. The summed E-state index contributed by atoms with van der Waals surface area (Å²) in [7, 11) is 0. The number of hydrogen-bond donors (Lipinski definition) is 1. The molecule has 1 saturated heterocycles. The second-order valence-corrected chi connectivity index (χ2v) is 6.10. The van der Waals surface area contributed by atoms with E-state index in [0.29, 0.717) is 5.56 Å². The minimum absolute atomic E-state index is 0. The summed E-state index contributed by atoms with van der Waals surface area (Å²) in [4.78, 5) is 24.8. The van der Waals surface area contributed by atoms with Crippen molar-refractivity contribution in [3.63, 3.8) is 0 Å². The summed E-state index contributed by atoms with van der Waals surface area (Å²) in [6.07, 6.45) is -2.12. The van der Waals surface area contributed by atoms with Crippen molar-refractivity contribution in [1.29, 1.82) is 0 Å². The first kappa shape index (κ1) is 18.6. The van der Waals surface area contributed by atoms with Crippen molar-refractivity contribution in [2.45, 2.75) is 25.4 Å². The molecule has 1 fully saturated rings. The van der Waals surface area contributed by atoms with Crippen LogP contribution in [0.25, 0.3) is 0 Å². The van der Waals surface area contributed by atoms with Gasteiger partial charge in [-0.05, 0) is 36.5 Å². The first-order valence-electron chi connectivity index (χ1n) is 7.48. The number of rotatable bonds is 2. The predicted octanol–water partition coefficient (Wildman–Crippen LogP) is 2.93. The first-order valence-corrected chi connectivity index (χ1v) is 7.48. The third kappa shape index (κ3) is 3.22. The largest absolute Gasteiger partial charge is 0.481 e. The van der Waals surface area contributed by atoms with Crippen molar-refractivity contribution in [3.05, 3.63) is 34.9 Å². The molecule has 24 heavy (non-hydrogen) atoms. The van der Waals surface area contributed by atoms with Gasteiger partial charge in [-0.2, -0.15) is 13.2 Å². The van der Waals surface area contributed by atoms with Gasteiger partial charge in [0.25, 0.3) is 5.91 Å². The normalized spacial score (nSPS) is 22.9. The lowest BCUT2D eigenvalue weighted by Crippen LogP contribution is -2.34. The number of benzene rings is 1. The van der Waals surface area contributed by atoms with Crippen LogP contribution in [0.2, 0.25) is 0 Å². The van der Waals surface area contributed by atoms with E-state index in [2.05, 4.69) is 0 Å². The molecule has 1 amide bonds. The molecule has 132 valence electrons. The van der Waals surface area contributed by atoms with Gasteiger partial charge >= 0.3 is 12.1 Å². The number of halogens is 4. The molecule has 1 aromatic carbocycles. The highest BCUT2D eigenvalue weighted by Crippen LogP contribution is 2.38. The lowest BCUT2D eigenvalue weighted by Gasteiger charge is -2.19. The summed E-state index contributed by atoms with van der Waals surface area (Å²) in [6.45, 7) is -0.995. The number of hydrogen-bond acceptors (Lipinski definition) is 2. The van der Waals surface area contributed by atoms with Crippen LogP contribution in [0.5, 0.6) is 0 Å². The van der Waals surface area contributed by atoms with Crippen molar-refractivity contribution in [3.8, 4) is 0 Å².